The number of esters is 1. The molecule has 0 fully saturated rings. The summed E-state index contributed by atoms with van der Waals surface area (Å²) in [5.41, 5.74) is 3.76. The molecule has 0 N–H and O–H groups in total. The molecule has 0 saturated carbocycles. The lowest BCUT2D eigenvalue weighted by Gasteiger charge is -2.19. The van der Waals surface area contributed by atoms with Crippen molar-refractivity contribution in [2.24, 2.45) is 0 Å². The van der Waals surface area contributed by atoms with Gasteiger partial charge in [-0.25, -0.2) is 9.78 Å². The zero-order valence-electron chi connectivity index (χ0n) is 15.3. The molecule has 1 heterocycles. The number of hydrogen-bond acceptors (Lipinski definition) is 3. The van der Waals surface area contributed by atoms with Crippen LogP contribution in [0.4, 0.5) is 0 Å². The lowest BCUT2D eigenvalue weighted by molar-refractivity contribution is 0.0255. The molecule has 0 bridgehead atoms. The number of carbonyl (C=O) groups is 1. The van der Waals surface area contributed by atoms with E-state index in [1.54, 1.807) is 24.7 Å². The molecule has 0 radical (unpaired) electrons. The summed E-state index contributed by atoms with van der Waals surface area (Å²) in [7, 11) is 0. The second-order valence-electron chi connectivity index (χ2n) is 6.51. The summed E-state index contributed by atoms with van der Waals surface area (Å²) >= 11 is 0. The largest absolute Gasteiger partial charge is 0.452 e. The topological polar surface area (TPSA) is 44.1 Å². The van der Waals surface area contributed by atoms with Crippen LogP contribution < -0.4 is 0 Å². The van der Waals surface area contributed by atoms with Crippen LogP contribution >= 0.6 is 0 Å². The number of hydrogen-bond donors (Lipinski definition) is 0. The Labute approximate surface area is 164 Å². The summed E-state index contributed by atoms with van der Waals surface area (Å²) in [5, 5.41) is 0. The van der Waals surface area contributed by atoms with Crippen LogP contribution in [-0.2, 0) is 11.3 Å². The number of nitrogens with zero attached hydrogens (tertiary/aromatic N) is 2. The van der Waals surface area contributed by atoms with E-state index in [1.165, 1.54) is 0 Å². The lowest BCUT2D eigenvalue weighted by atomic mass is 10.0. The lowest BCUT2D eigenvalue weighted by Crippen LogP contribution is -2.16. The molecule has 4 rings (SSSR count). The first-order valence-corrected chi connectivity index (χ1v) is 9.17. The molecule has 0 amide bonds. The Morgan fingerprint density at radius 3 is 2.14 bits per heavy atom. The third-order valence-corrected chi connectivity index (χ3v) is 4.58. The minimum atomic E-state index is -0.410. The van der Waals surface area contributed by atoms with Crippen molar-refractivity contribution in [1.82, 2.24) is 9.55 Å². The predicted molar refractivity (Wildman–Crippen MR) is 109 cm³/mol. The highest BCUT2D eigenvalue weighted by Gasteiger charge is 2.19. The van der Waals surface area contributed by atoms with Crippen molar-refractivity contribution in [2.75, 3.05) is 0 Å². The first-order chi connectivity index (χ1) is 13.8. The maximum absolute atomic E-state index is 12.6. The van der Waals surface area contributed by atoms with E-state index in [4.69, 9.17) is 4.74 Å². The van der Waals surface area contributed by atoms with Crippen LogP contribution in [0, 0.1) is 0 Å². The maximum Gasteiger partial charge on any atom is 0.338 e. The van der Waals surface area contributed by atoms with Gasteiger partial charge in [0.2, 0.25) is 0 Å². The highest BCUT2D eigenvalue weighted by Crippen LogP contribution is 2.25. The molecular weight excluding hydrogens is 348 g/mol. The Balaban J connectivity index is 1.58. The van der Waals surface area contributed by atoms with E-state index in [9.17, 15) is 4.79 Å². The number of ether oxygens (including phenoxy) is 1. The van der Waals surface area contributed by atoms with Crippen LogP contribution in [0.25, 0.3) is 11.1 Å². The summed E-state index contributed by atoms with van der Waals surface area (Å²) in [6, 6.07) is 27.4. The van der Waals surface area contributed by atoms with E-state index < -0.39 is 6.10 Å². The zero-order chi connectivity index (χ0) is 19.2. The molecule has 4 nitrogen and oxygen atoms in total. The van der Waals surface area contributed by atoms with Crippen molar-refractivity contribution in [1.29, 1.82) is 0 Å². The first kappa shape index (κ1) is 17.7. The SMILES string of the molecule is O=C(OC(Cn1ccnc1)c1ccc(-c2ccccc2)cc1)c1ccccc1. The van der Waals surface area contributed by atoms with Crippen LogP contribution in [0.5, 0.6) is 0 Å². The molecule has 4 aromatic rings. The number of carbonyl (C=O) groups excluding carboxylic acids is 1. The molecule has 0 saturated heterocycles. The fourth-order valence-electron chi connectivity index (χ4n) is 3.09. The van der Waals surface area contributed by atoms with E-state index in [-0.39, 0.29) is 5.97 Å². The predicted octanol–water partition coefficient (Wildman–Crippen LogP) is 5.15. The van der Waals surface area contributed by atoms with Gasteiger partial charge < -0.3 is 9.30 Å². The Morgan fingerprint density at radius 1 is 0.857 bits per heavy atom. The van der Waals surface area contributed by atoms with Crippen molar-refractivity contribution >= 4 is 5.97 Å². The van der Waals surface area contributed by atoms with Crippen LogP contribution in [0.3, 0.4) is 0 Å². The van der Waals surface area contributed by atoms with E-state index >= 15 is 0 Å². The molecule has 28 heavy (non-hydrogen) atoms. The molecule has 4 heteroatoms. The summed E-state index contributed by atoms with van der Waals surface area (Å²) < 4.78 is 7.76. The van der Waals surface area contributed by atoms with Gasteiger partial charge in [-0.05, 0) is 28.8 Å². The Bertz CT molecular complexity index is 1010. The zero-order valence-corrected chi connectivity index (χ0v) is 15.3. The fraction of sp³-hybridized carbons (Fsp3) is 0.0833. The first-order valence-electron chi connectivity index (χ1n) is 9.17. The van der Waals surface area contributed by atoms with Gasteiger partial charge in [-0.1, -0.05) is 72.8 Å². The minimum Gasteiger partial charge on any atom is -0.452 e. The Morgan fingerprint density at radius 2 is 1.50 bits per heavy atom. The van der Waals surface area contributed by atoms with Crippen LogP contribution in [0.2, 0.25) is 0 Å². The van der Waals surface area contributed by atoms with Gasteiger partial charge in [-0.2, -0.15) is 0 Å². The number of aromatic nitrogens is 2. The Hall–Kier alpha value is -3.66. The van der Waals surface area contributed by atoms with Gasteiger partial charge in [0.15, 0.2) is 0 Å². The highest BCUT2D eigenvalue weighted by molar-refractivity contribution is 5.89. The fourth-order valence-corrected chi connectivity index (χ4v) is 3.09. The molecule has 1 unspecified atom stereocenters. The standard InChI is InChI=1S/C24H20N2O2/c27-24(22-9-5-2-6-10-22)28-23(17-26-16-15-25-18-26)21-13-11-20(12-14-21)19-7-3-1-4-8-19/h1-16,18,23H,17H2. The molecule has 0 aliphatic rings. The normalized spacial score (nSPS) is 11.7. The summed E-state index contributed by atoms with van der Waals surface area (Å²) in [6.07, 6.45) is 4.89. The third kappa shape index (κ3) is 4.18. The van der Waals surface area contributed by atoms with Crippen molar-refractivity contribution < 1.29 is 9.53 Å². The van der Waals surface area contributed by atoms with Crippen LogP contribution in [0.15, 0.2) is 104 Å². The van der Waals surface area contributed by atoms with Gasteiger partial charge in [0.05, 0.1) is 18.4 Å². The molecule has 1 aromatic heterocycles. The third-order valence-electron chi connectivity index (χ3n) is 4.58. The van der Waals surface area contributed by atoms with Gasteiger partial charge in [-0.3, -0.25) is 0 Å². The number of imidazole rings is 1. The highest BCUT2D eigenvalue weighted by atomic mass is 16.5. The van der Waals surface area contributed by atoms with Crippen molar-refractivity contribution in [3.05, 3.63) is 115 Å². The van der Waals surface area contributed by atoms with E-state index in [0.29, 0.717) is 12.1 Å². The van der Waals surface area contributed by atoms with E-state index in [0.717, 1.165) is 16.7 Å². The maximum atomic E-state index is 12.6. The van der Waals surface area contributed by atoms with Crippen molar-refractivity contribution in [3.8, 4) is 11.1 Å². The molecule has 1 atom stereocenters. The average molecular weight is 368 g/mol. The van der Waals surface area contributed by atoms with Crippen molar-refractivity contribution in [3.63, 3.8) is 0 Å². The average Bonchev–Trinajstić information content (AvgIpc) is 3.28. The molecule has 0 spiro atoms. The van der Waals surface area contributed by atoms with E-state index in [1.807, 2.05) is 59.3 Å². The van der Waals surface area contributed by atoms with Gasteiger partial charge in [0.1, 0.15) is 6.10 Å². The van der Waals surface area contributed by atoms with Gasteiger partial charge in [0.25, 0.3) is 0 Å². The minimum absolute atomic E-state index is 0.335. The molecule has 0 aliphatic heterocycles. The van der Waals surface area contributed by atoms with Gasteiger partial charge in [0, 0.05) is 12.4 Å². The second kappa shape index (κ2) is 8.35. The van der Waals surface area contributed by atoms with Crippen LogP contribution in [-0.4, -0.2) is 15.5 Å². The number of benzene rings is 3. The summed E-state index contributed by atoms with van der Waals surface area (Å²) in [6.45, 7) is 0.503. The second-order valence-corrected chi connectivity index (χ2v) is 6.51. The molecule has 138 valence electrons. The van der Waals surface area contributed by atoms with Crippen molar-refractivity contribution in [2.45, 2.75) is 12.6 Å². The quantitative estimate of drug-likeness (QED) is 0.442. The Kier molecular flexibility index (Phi) is 5.29. The van der Waals surface area contributed by atoms with Gasteiger partial charge >= 0.3 is 5.97 Å². The van der Waals surface area contributed by atoms with Gasteiger partial charge in [-0.15, -0.1) is 0 Å². The molecular formula is C24H20N2O2. The van der Waals surface area contributed by atoms with Crippen LogP contribution in [0.1, 0.15) is 22.0 Å². The number of rotatable bonds is 6. The molecule has 3 aromatic carbocycles. The van der Waals surface area contributed by atoms with E-state index in [2.05, 4.69) is 29.2 Å². The smallest absolute Gasteiger partial charge is 0.338 e. The summed E-state index contributed by atoms with van der Waals surface area (Å²) in [5.74, 6) is -0.335. The molecule has 0 aliphatic carbocycles. The summed E-state index contributed by atoms with van der Waals surface area (Å²) in [4.78, 5) is 16.7. The monoisotopic (exact) mass is 368 g/mol.